The van der Waals surface area contributed by atoms with Crippen LogP contribution in [0.1, 0.15) is 43.7 Å². The van der Waals surface area contributed by atoms with Crippen LogP contribution in [-0.2, 0) is 0 Å². The van der Waals surface area contributed by atoms with Crippen molar-refractivity contribution < 1.29 is 0 Å². The summed E-state index contributed by atoms with van der Waals surface area (Å²) in [5.74, 6) is 0.609. The molecule has 0 aromatic heterocycles. The van der Waals surface area contributed by atoms with Gasteiger partial charge in [0.25, 0.3) is 0 Å². The zero-order valence-electron chi connectivity index (χ0n) is 12.2. The average molecular weight is 263 g/mol. The second-order valence-corrected chi connectivity index (χ2v) is 5.51. The Morgan fingerprint density at radius 3 is 2.60 bits per heavy atom. The van der Waals surface area contributed by atoms with Crippen molar-refractivity contribution in [1.82, 2.24) is 0 Å². The maximum Gasteiger partial charge on any atom is 0.0387 e. The van der Waals surface area contributed by atoms with Gasteiger partial charge in [0.2, 0.25) is 0 Å². The van der Waals surface area contributed by atoms with Crippen LogP contribution in [-0.4, -0.2) is 0 Å². The Morgan fingerprint density at radius 1 is 1.05 bits per heavy atom. The van der Waals surface area contributed by atoms with Gasteiger partial charge in [-0.15, -0.1) is 0 Å². The van der Waals surface area contributed by atoms with Crippen LogP contribution in [0, 0.1) is 0 Å². The third-order valence-electron chi connectivity index (χ3n) is 4.09. The van der Waals surface area contributed by atoms with E-state index in [2.05, 4.69) is 67.7 Å². The molecular weight excluding hydrogens is 242 g/mol. The Kier molecular flexibility index (Phi) is 3.60. The van der Waals surface area contributed by atoms with E-state index in [0.717, 1.165) is 18.5 Å². The normalized spacial score (nSPS) is 17.3. The molecule has 0 radical (unpaired) electrons. The largest absolute Gasteiger partial charge is 0.356 e. The van der Waals surface area contributed by atoms with Crippen LogP contribution in [0.25, 0.3) is 5.57 Å². The highest BCUT2D eigenvalue weighted by molar-refractivity contribution is 5.74. The monoisotopic (exact) mass is 263 g/mol. The van der Waals surface area contributed by atoms with Gasteiger partial charge in [0, 0.05) is 11.4 Å². The van der Waals surface area contributed by atoms with Crippen molar-refractivity contribution in [2.24, 2.45) is 0 Å². The summed E-state index contributed by atoms with van der Waals surface area (Å²) in [4.78, 5) is 0. The summed E-state index contributed by atoms with van der Waals surface area (Å²) < 4.78 is 0. The van der Waals surface area contributed by atoms with Crippen LogP contribution < -0.4 is 5.32 Å². The Balaban J connectivity index is 1.93. The number of hydrogen-bond donors (Lipinski definition) is 1. The highest BCUT2D eigenvalue weighted by Gasteiger charge is 2.17. The molecule has 1 unspecified atom stereocenters. The van der Waals surface area contributed by atoms with Crippen LogP contribution in [0.5, 0.6) is 0 Å². The first-order valence-corrected chi connectivity index (χ1v) is 7.43. The number of nitrogens with one attached hydrogen (secondary N) is 1. The van der Waals surface area contributed by atoms with Crippen molar-refractivity contribution in [3.63, 3.8) is 0 Å². The van der Waals surface area contributed by atoms with Crippen LogP contribution in [0.15, 0.2) is 54.6 Å². The number of benzene rings is 2. The maximum absolute atomic E-state index is 3.49. The van der Waals surface area contributed by atoms with Gasteiger partial charge in [0.1, 0.15) is 0 Å². The average Bonchev–Trinajstić information content (AvgIpc) is 2.49. The van der Waals surface area contributed by atoms with Crippen LogP contribution >= 0.6 is 0 Å². The molecule has 102 valence electrons. The lowest BCUT2D eigenvalue weighted by molar-refractivity contribution is 0.764. The second kappa shape index (κ2) is 5.54. The molecule has 0 aliphatic heterocycles. The van der Waals surface area contributed by atoms with Gasteiger partial charge in [-0.1, -0.05) is 44.2 Å². The first kappa shape index (κ1) is 13.0. The highest BCUT2D eigenvalue weighted by atomic mass is 14.9. The third kappa shape index (κ3) is 2.49. The standard InChI is InChI=1S/C19H21N/c1-3-15-10-9-14(2)19-13-17(11-12-18(15)19)20-16-7-5-4-6-8-16/h4-8,10-14,20H,3,9H2,1-2H3. The predicted molar refractivity (Wildman–Crippen MR) is 87.5 cm³/mol. The van der Waals surface area contributed by atoms with Gasteiger partial charge in [-0.2, -0.15) is 0 Å². The van der Waals surface area contributed by atoms with Crippen molar-refractivity contribution in [1.29, 1.82) is 0 Å². The van der Waals surface area contributed by atoms with Crippen molar-refractivity contribution in [2.75, 3.05) is 5.32 Å². The number of hydrogen-bond acceptors (Lipinski definition) is 1. The fourth-order valence-electron chi connectivity index (χ4n) is 2.92. The van der Waals surface area contributed by atoms with Crippen molar-refractivity contribution in [3.05, 3.63) is 65.7 Å². The van der Waals surface area contributed by atoms with E-state index in [9.17, 15) is 0 Å². The van der Waals surface area contributed by atoms with E-state index >= 15 is 0 Å². The van der Waals surface area contributed by atoms with Crippen LogP contribution in [0.4, 0.5) is 11.4 Å². The molecule has 0 bridgehead atoms. The molecule has 0 spiro atoms. The number of allylic oxidation sites excluding steroid dienone is 2. The fourth-order valence-corrected chi connectivity index (χ4v) is 2.92. The quantitative estimate of drug-likeness (QED) is 0.745. The van der Waals surface area contributed by atoms with Gasteiger partial charge < -0.3 is 5.32 Å². The van der Waals surface area contributed by atoms with Gasteiger partial charge in [-0.05, 0) is 59.7 Å². The molecule has 2 aromatic rings. The van der Waals surface area contributed by atoms with E-state index in [0.29, 0.717) is 5.92 Å². The molecular formula is C19H21N. The zero-order chi connectivity index (χ0) is 13.9. The summed E-state index contributed by atoms with van der Waals surface area (Å²) >= 11 is 0. The molecule has 0 heterocycles. The summed E-state index contributed by atoms with van der Waals surface area (Å²) in [6.45, 7) is 4.55. The lowest BCUT2D eigenvalue weighted by atomic mass is 9.83. The first-order chi connectivity index (χ1) is 9.78. The Hall–Kier alpha value is -2.02. The molecule has 1 nitrogen and oxygen atoms in total. The number of para-hydroxylation sites is 1. The van der Waals surface area contributed by atoms with Gasteiger partial charge >= 0.3 is 0 Å². The van der Waals surface area contributed by atoms with Gasteiger partial charge in [0.15, 0.2) is 0 Å². The smallest absolute Gasteiger partial charge is 0.0387 e. The molecule has 1 aliphatic rings. The van der Waals surface area contributed by atoms with E-state index < -0.39 is 0 Å². The lowest BCUT2D eigenvalue weighted by Crippen LogP contribution is -2.05. The molecule has 1 atom stereocenters. The molecule has 3 rings (SSSR count). The molecule has 20 heavy (non-hydrogen) atoms. The second-order valence-electron chi connectivity index (χ2n) is 5.51. The lowest BCUT2D eigenvalue weighted by Gasteiger charge is -2.23. The third-order valence-corrected chi connectivity index (χ3v) is 4.09. The molecule has 1 aliphatic carbocycles. The van der Waals surface area contributed by atoms with E-state index in [-0.39, 0.29) is 0 Å². The maximum atomic E-state index is 3.49. The minimum Gasteiger partial charge on any atom is -0.356 e. The SMILES string of the molecule is CCC1=CCC(C)c2cc(Nc3ccccc3)ccc21. The van der Waals surface area contributed by atoms with Gasteiger partial charge in [-0.3, -0.25) is 0 Å². The first-order valence-electron chi connectivity index (χ1n) is 7.43. The summed E-state index contributed by atoms with van der Waals surface area (Å²) in [6, 6.07) is 17.1. The number of fused-ring (bicyclic) bond motifs is 1. The molecule has 0 saturated carbocycles. The van der Waals surface area contributed by atoms with Gasteiger partial charge in [-0.25, -0.2) is 0 Å². The summed E-state index contributed by atoms with van der Waals surface area (Å²) in [5.41, 5.74) is 6.72. The molecule has 0 amide bonds. The summed E-state index contributed by atoms with van der Waals surface area (Å²) in [5, 5.41) is 3.49. The Bertz CT molecular complexity index is 625. The van der Waals surface area contributed by atoms with E-state index in [4.69, 9.17) is 0 Å². The van der Waals surface area contributed by atoms with Crippen molar-refractivity contribution >= 4 is 16.9 Å². The van der Waals surface area contributed by atoms with E-state index in [1.165, 1.54) is 22.4 Å². The Labute approximate surface area is 121 Å². The zero-order valence-corrected chi connectivity index (χ0v) is 12.2. The van der Waals surface area contributed by atoms with Crippen LogP contribution in [0.3, 0.4) is 0 Å². The van der Waals surface area contributed by atoms with Crippen molar-refractivity contribution in [2.45, 2.75) is 32.6 Å². The van der Waals surface area contributed by atoms with E-state index in [1.54, 1.807) is 0 Å². The minimum absolute atomic E-state index is 0.609. The molecule has 0 saturated heterocycles. The molecule has 2 aromatic carbocycles. The van der Waals surface area contributed by atoms with E-state index in [1.807, 2.05) is 6.07 Å². The van der Waals surface area contributed by atoms with Crippen molar-refractivity contribution in [3.8, 4) is 0 Å². The minimum atomic E-state index is 0.609. The molecule has 0 fully saturated rings. The molecule has 1 heteroatoms. The highest BCUT2D eigenvalue weighted by Crippen LogP contribution is 2.37. The number of anilines is 2. The van der Waals surface area contributed by atoms with Crippen LogP contribution in [0.2, 0.25) is 0 Å². The number of rotatable bonds is 3. The van der Waals surface area contributed by atoms with Gasteiger partial charge in [0.05, 0.1) is 0 Å². The fraction of sp³-hybridized carbons (Fsp3) is 0.263. The Morgan fingerprint density at radius 2 is 1.85 bits per heavy atom. The topological polar surface area (TPSA) is 12.0 Å². The molecule has 1 N–H and O–H groups in total. The predicted octanol–water partition coefficient (Wildman–Crippen LogP) is 5.73. The summed E-state index contributed by atoms with van der Waals surface area (Å²) in [6.07, 6.45) is 4.67. The summed E-state index contributed by atoms with van der Waals surface area (Å²) in [7, 11) is 0.